The molecule has 1 aliphatic heterocycles. The van der Waals surface area contributed by atoms with Crippen molar-refractivity contribution in [3.05, 3.63) is 29.8 Å². The topological polar surface area (TPSA) is 84.5 Å². The second-order valence-corrected chi connectivity index (χ2v) is 6.96. The standard InChI is InChI=1S/C14H20N2O4S/c1-21(18,19)16-8-4-7-15-14(17)12-9-11-5-2-3-6-13(11)20-10-12/h2-3,5-6,12,16H,4,7-10H2,1H3,(H,15,17)/t12-/m0/s1. The van der Waals surface area contributed by atoms with Gasteiger partial charge in [-0.15, -0.1) is 0 Å². The zero-order valence-electron chi connectivity index (χ0n) is 12.0. The summed E-state index contributed by atoms with van der Waals surface area (Å²) >= 11 is 0. The average Bonchev–Trinajstić information content (AvgIpc) is 2.45. The Morgan fingerprint density at radius 3 is 2.86 bits per heavy atom. The van der Waals surface area contributed by atoms with Crippen molar-refractivity contribution in [1.29, 1.82) is 0 Å². The summed E-state index contributed by atoms with van der Waals surface area (Å²) in [6.07, 6.45) is 2.34. The molecule has 0 spiro atoms. The number of ether oxygens (including phenoxy) is 1. The first kappa shape index (κ1) is 15.8. The number of nitrogens with one attached hydrogen (secondary N) is 2. The molecule has 1 heterocycles. The van der Waals surface area contributed by atoms with Crippen LogP contribution >= 0.6 is 0 Å². The number of rotatable bonds is 6. The molecule has 6 nitrogen and oxygen atoms in total. The predicted octanol–water partition coefficient (Wildman–Crippen LogP) is 0.293. The van der Waals surface area contributed by atoms with Crippen molar-refractivity contribution in [2.75, 3.05) is 26.0 Å². The molecule has 0 aliphatic carbocycles. The molecule has 116 valence electrons. The first-order valence-corrected chi connectivity index (χ1v) is 8.78. The van der Waals surface area contributed by atoms with E-state index in [0.717, 1.165) is 17.6 Å². The van der Waals surface area contributed by atoms with Crippen LogP contribution in [-0.2, 0) is 21.2 Å². The lowest BCUT2D eigenvalue weighted by atomic mass is 9.96. The molecule has 0 aromatic heterocycles. The summed E-state index contributed by atoms with van der Waals surface area (Å²) in [6, 6.07) is 7.71. The highest BCUT2D eigenvalue weighted by Gasteiger charge is 2.25. The van der Waals surface area contributed by atoms with E-state index in [-0.39, 0.29) is 11.8 Å². The Kier molecular flexibility index (Phi) is 5.19. The Bertz CT molecular complexity index is 601. The fourth-order valence-corrected chi connectivity index (χ4v) is 2.71. The number of carbonyl (C=O) groups is 1. The number of fused-ring (bicyclic) bond motifs is 1. The minimum absolute atomic E-state index is 0.0520. The van der Waals surface area contributed by atoms with Gasteiger partial charge in [-0.2, -0.15) is 0 Å². The lowest BCUT2D eigenvalue weighted by Crippen LogP contribution is -2.38. The molecule has 1 aromatic rings. The van der Waals surface area contributed by atoms with Gasteiger partial charge >= 0.3 is 0 Å². The van der Waals surface area contributed by atoms with Crippen LogP contribution in [-0.4, -0.2) is 40.3 Å². The van der Waals surface area contributed by atoms with Crippen molar-refractivity contribution in [2.45, 2.75) is 12.8 Å². The monoisotopic (exact) mass is 312 g/mol. The Labute approximate surface area is 124 Å². The highest BCUT2D eigenvalue weighted by atomic mass is 32.2. The van der Waals surface area contributed by atoms with Crippen molar-refractivity contribution in [2.24, 2.45) is 5.92 Å². The van der Waals surface area contributed by atoms with E-state index in [4.69, 9.17) is 4.74 Å². The second kappa shape index (κ2) is 6.91. The van der Waals surface area contributed by atoms with Crippen LogP contribution in [0.5, 0.6) is 5.75 Å². The zero-order valence-corrected chi connectivity index (χ0v) is 12.8. The molecule has 1 aliphatic rings. The number of hydrogen-bond acceptors (Lipinski definition) is 4. The molecule has 2 N–H and O–H groups in total. The summed E-state index contributed by atoms with van der Waals surface area (Å²) in [5, 5.41) is 2.82. The molecule has 1 aromatic carbocycles. The van der Waals surface area contributed by atoms with Gasteiger partial charge in [0.1, 0.15) is 12.4 Å². The van der Waals surface area contributed by atoms with Crippen LogP contribution < -0.4 is 14.8 Å². The summed E-state index contributed by atoms with van der Waals surface area (Å²) in [7, 11) is -3.16. The highest BCUT2D eigenvalue weighted by molar-refractivity contribution is 7.88. The molecule has 1 atom stereocenters. The number of carbonyl (C=O) groups excluding carboxylic acids is 1. The number of para-hydroxylation sites is 1. The third kappa shape index (κ3) is 5.02. The van der Waals surface area contributed by atoms with Gasteiger partial charge in [0.25, 0.3) is 0 Å². The molecule has 0 saturated heterocycles. The Hall–Kier alpha value is -1.60. The van der Waals surface area contributed by atoms with Gasteiger partial charge in [0.2, 0.25) is 15.9 Å². The molecule has 7 heteroatoms. The SMILES string of the molecule is CS(=O)(=O)NCCCNC(=O)[C@@H]1COc2ccccc2C1. The maximum absolute atomic E-state index is 12.0. The normalized spacial score (nSPS) is 17.7. The molecular formula is C14H20N2O4S. The largest absolute Gasteiger partial charge is 0.492 e. The fourth-order valence-electron chi connectivity index (χ4n) is 2.20. The maximum atomic E-state index is 12.0. The summed E-state index contributed by atoms with van der Waals surface area (Å²) < 4.78 is 29.7. The Morgan fingerprint density at radius 1 is 1.33 bits per heavy atom. The smallest absolute Gasteiger partial charge is 0.226 e. The van der Waals surface area contributed by atoms with Gasteiger partial charge in [0, 0.05) is 13.1 Å². The van der Waals surface area contributed by atoms with Gasteiger partial charge in [-0.1, -0.05) is 18.2 Å². The average molecular weight is 312 g/mol. The third-order valence-corrected chi connectivity index (χ3v) is 4.00. The van der Waals surface area contributed by atoms with Crippen molar-refractivity contribution in [1.82, 2.24) is 10.0 Å². The number of benzene rings is 1. The van der Waals surface area contributed by atoms with Crippen LogP contribution in [0, 0.1) is 5.92 Å². The molecule has 2 rings (SSSR count). The Morgan fingerprint density at radius 2 is 2.10 bits per heavy atom. The summed E-state index contributed by atoms with van der Waals surface area (Å²) in [4.78, 5) is 12.0. The van der Waals surface area contributed by atoms with E-state index in [1.807, 2.05) is 24.3 Å². The molecule has 0 radical (unpaired) electrons. The van der Waals surface area contributed by atoms with Gasteiger partial charge < -0.3 is 10.1 Å². The first-order valence-electron chi connectivity index (χ1n) is 6.89. The van der Waals surface area contributed by atoms with Gasteiger partial charge in [-0.05, 0) is 24.5 Å². The lowest BCUT2D eigenvalue weighted by Gasteiger charge is -2.24. The van der Waals surface area contributed by atoms with E-state index in [0.29, 0.717) is 32.5 Å². The molecule has 1 amide bonds. The van der Waals surface area contributed by atoms with E-state index in [9.17, 15) is 13.2 Å². The minimum Gasteiger partial charge on any atom is -0.492 e. The zero-order chi connectivity index (χ0) is 15.3. The van der Waals surface area contributed by atoms with Crippen LogP contribution in [0.4, 0.5) is 0 Å². The molecule has 0 saturated carbocycles. The summed E-state index contributed by atoms with van der Waals surface area (Å²) in [5.74, 6) is 0.602. The minimum atomic E-state index is -3.16. The molecule has 0 fully saturated rings. The molecule has 0 unspecified atom stereocenters. The second-order valence-electron chi connectivity index (χ2n) is 5.13. The van der Waals surface area contributed by atoms with Crippen LogP contribution in [0.2, 0.25) is 0 Å². The molecular weight excluding hydrogens is 292 g/mol. The van der Waals surface area contributed by atoms with Crippen LogP contribution in [0.3, 0.4) is 0 Å². The van der Waals surface area contributed by atoms with Crippen molar-refractivity contribution >= 4 is 15.9 Å². The van der Waals surface area contributed by atoms with Crippen molar-refractivity contribution < 1.29 is 17.9 Å². The van der Waals surface area contributed by atoms with E-state index in [1.165, 1.54) is 0 Å². The third-order valence-electron chi connectivity index (χ3n) is 3.27. The predicted molar refractivity (Wildman–Crippen MR) is 79.6 cm³/mol. The van der Waals surface area contributed by atoms with Crippen LogP contribution in [0.1, 0.15) is 12.0 Å². The van der Waals surface area contributed by atoms with Gasteiger partial charge in [-0.25, -0.2) is 13.1 Å². The summed E-state index contributed by atoms with van der Waals surface area (Å²) in [6.45, 7) is 1.15. The van der Waals surface area contributed by atoms with Gasteiger partial charge in [-0.3, -0.25) is 4.79 Å². The quantitative estimate of drug-likeness (QED) is 0.740. The van der Waals surface area contributed by atoms with Crippen LogP contribution in [0.25, 0.3) is 0 Å². The highest BCUT2D eigenvalue weighted by Crippen LogP contribution is 2.26. The van der Waals surface area contributed by atoms with Crippen LogP contribution in [0.15, 0.2) is 24.3 Å². The van der Waals surface area contributed by atoms with Crippen molar-refractivity contribution in [3.63, 3.8) is 0 Å². The number of sulfonamides is 1. The Balaban J connectivity index is 1.73. The van der Waals surface area contributed by atoms with E-state index in [2.05, 4.69) is 10.0 Å². The fraction of sp³-hybridized carbons (Fsp3) is 0.500. The van der Waals surface area contributed by atoms with Crippen molar-refractivity contribution in [3.8, 4) is 5.75 Å². The summed E-state index contributed by atoms with van der Waals surface area (Å²) in [5.41, 5.74) is 1.04. The maximum Gasteiger partial charge on any atom is 0.226 e. The van der Waals surface area contributed by atoms with E-state index < -0.39 is 10.0 Å². The first-order chi connectivity index (χ1) is 9.96. The number of hydrogen-bond donors (Lipinski definition) is 2. The molecule has 0 bridgehead atoms. The number of amides is 1. The van der Waals surface area contributed by atoms with E-state index in [1.54, 1.807) is 0 Å². The van der Waals surface area contributed by atoms with Gasteiger partial charge in [0.05, 0.1) is 12.2 Å². The lowest BCUT2D eigenvalue weighted by molar-refractivity contribution is -0.126. The molecule has 21 heavy (non-hydrogen) atoms. The van der Waals surface area contributed by atoms with E-state index >= 15 is 0 Å². The van der Waals surface area contributed by atoms with Gasteiger partial charge in [0.15, 0.2) is 0 Å².